The number of carboxylic acids is 1. The Morgan fingerprint density at radius 1 is 0.696 bits per heavy atom. The van der Waals surface area contributed by atoms with Gasteiger partial charge in [-0.25, -0.2) is 0 Å². The fourth-order valence-electron chi connectivity index (χ4n) is 1.23. The Hall–Kier alpha value is -0.650. The number of rotatable bonds is 8. The molecule has 0 saturated heterocycles. The maximum atomic E-state index is 10.0. The Kier molecular flexibility index (Phi) is 23.3. The predicted octanol–water partition coefficient (Wildman–Crippen LogP) is 2.35. The van der Waals surface area contributed by atoms with Gasteiger partial charge in [-0.3, -0.25) is 0 Å². The van der Waals surface area contributed by atoms with Crippen LogP contribution in [0.4, 0.5) is 0 Å². The summed E-state index contributed by atoms with van der Waals surface area (Å²) in [6.45, 7) is 2.19. The van der Waals surface area contributed by atoms with E-state index in [1.54, 1.807) is 0 Å². The van der Waals surface area contributed by atoms with Crippen molar-refractivity contribution >= 4 is 5.97 Å². The monoisotopic (exact) mass is 336 g/mol. The van der Waals surface area contributed by atoms with Crippen LogP contribution in [0.2, 0.25) is 0 Å². The van der Waals surface area contributed by atoms with Crippen LogP contribution in [0.1, 0.15) is 58.3 Å². The Labute approximate surface area is 145 Å². The minimum atomic E-state index is -0.913. The van der Waals surface area contributed by atoms with Crippen LogP contribution in [-0.2, 0) is 4.79 Å². The fourth-order valence-corrected chi connectivity index (χ4v) is 1.23. The van der Waals surface area contributed by atoms with Crippen molar-refractivity contribution in [2.24, 2.45) is 0 Å². The number of aliphatic carboxylic acids is 1. The van der Waals surface area contributed by atoms with E-state index >= 15 is 0 Å². The molecular weight excluding hydrogens is 292 g/mol. The highest BCUT2D eigenvalue weighted by atomic mass is 16.4. The number of hydrogen-bond donors (Lipinski definition) is 0. The molecule has 0 fully saturated rings. The Morgan fingerprint density at radius 3 is 1.22 bits per heavy atom. The molecule has 0 rings (SSSR count). The predicted molar refractivity (Wildman–Crippen MR) is 97.5 cm³/mol. The molecule has 5 heteroatoms. The zero-order valence-corrected chi connectivity index (χ0v) is 17.3. The lowest BCUT2D eigenvalue weighted by Crippen LogP contribution is -2.27. The van der Waals surface area contributed by atoms with Gasteiger partial charge in [-0.05, 0) is 12.8 Å². The molecule has 0 aromatic rings. The van der Waals surface area contributed by atoms with Crippen molar-refractivity contribution < 1.29 is 24.3 Å². The van der Waals surface area contributed by atoms with E-state index in [4.69, 9.17) is 0 Å². The Balaban J connectivity index is -0.000000137. The van der Waals surface area contributed by atoms with Crippen LogP contribution in [0.25, 0.3) is 0 Å². The molecule has 144 valence electrons. The minimum absolute atomic E-state index is 0. The second-order valence-corrected chi connectivity index (χ2v) is 8.61. The second kappa shape index (κ2) is 17.7. The standard InChI is InChI=1S/C10H20O2.2C4H12N.H2O/c1-2-3-4-5-6-7-8-9-10(11)12;2*1-5(2,3)4;/h2-9H2,1H3,(H,11,12);2*1-4H3;1H2/q;2*+1;/p-2. The third-order valence-corrected chi connectivity index (χ3v) is 1.98. The number of carboxylic acid groups (broad SMARTS) is 1. The van der Waals surface area contributed by atoms with Crippen molar-refractivity contribution in [3.05, 3.63) is 0 Å². The first kappa shape index (κ1) is 30.3. The van der Waals surface area contributed by atoms with Crippen LogP contribution >= 0.6 is 0 Å². The van der Waals surface area contributed by atoms with Crippen LogP contribution in [0.3, 0.4) is 0 Å². The van der Waals surface area contributed by atoms with Crippen molar-refractivity contribution in [3.8, 4) is 0 Å². The maximum absolute atomic E-state index is 10.0. The summed E-state index contributed by atoms with van der Waals surface area (Å²) in [4.78, 5) is 10.0. The summed E-state index contributed by atoms with van der Waals surface area (Å²) in [5, 5.41) is 10.0. The fraction of sp³-hybridized carbons (Fsp3) is 0.944. The molecule has 0 aliphatic heterocycles. The molecule has 23 heavy (non-hydrogen) atoms. The molecule has 1 N–H and O–H groups in total. The third kappa shape index (κ3) is 115. The Bertz CT molecular complexity index is 220. The lowest BCUT2D eigenvalue weighted by atomic mass is 10.1. The van der Waals surface area contributed by atoms with Crippen molar-refractivity contribution in [2.75, 3.05) is 56.4 Å². The van der Waals surface area contributed by atoms with E-state index in [-0.39, 0.29) is 11.9 Å². The normalized spacial score (nSPS) is 10.5. The molecule has 0 radical (unpaired) electrons. The maximum Gasteiger partial charge on any atom is 0.0675 e. The molecule has 0 aromatic carbocycles. The number of unbranched alkanes of at least 4 members (excludes halogenated alkanes) is 6. The van der Waals surface area contributed by atoms with Crippen LogP contribution in [0, 0.1) is 0 Å². The topological polar surface area (TPSA) is 70.1 Å². The number of hydrogen-bond acceptors (Lipinski definition) is 3. The van der Waals surface area contributed by atoms with Crippen LogP contribution in [0.15, 0.2) is 0 Å². The summed E-state index contributed by atoms with van der Waals surface area (Å²) in [7, 11) is 17.0. The zero-order valence-electron chi connectivity index (χ0n) is 17.3. The van der Waals surface area contributed by atoms with Gasteiger partial charge in [-0.1, -0.05) is 45.4 Å². The number of nitrogens with zero attached hydrogens (tertiary/aromatic N) is 2. The van der Waals surface area contributed by atoms with Gasteiger partial charge in [0.05, 0.1) is 56.4 Å². The lowest BCUT2D eigenvalue weighted by molar-refractivity contribution is -0.849. The van der Waals surface area contributed by atoms with Gasteiger partial charge < -0.3 is 24.3 Å². The van der Waals surface area contributed by atoms with Crippen molar-refractivity contribution in [1.82, 2.24) is 0 Å². The summed E-state index contributed by atoms with van der Waals surface area (Å²) in [6, 6.07) is 0. The summed E-state index contributed by atoms with van der Waals surface area (Å²) >= 11 is 0. The van der Waals surface area contributed by atoms with Crippen LogP contribution in [-0.4, -0.2) is 76.8 Å². The van der Waals surface area contributed by atoms with Gasteiger partial charge in [0.1, 0.15) is 0 Å². The molecule has 0 bridgehead atoms. The largest absolute Gasteiger partial charge is 0.870 e. The Morgan fingerprint density at radius 2 is 0.957 bits per heavy atom. The molecule has 0 aliphatic carbocycles. The van der Waals surface area contributed by atoms with Gasteiger partial charge in [-0.2, -0.15) is 0 Å². The van der Waals surface area contributed by atoms with Gasteiger partial charge in [0.2, 0.25) is 0 Å². The summed E-state index contributed by atoms with van der Waals surface area (Å²) in [5.74, 6) is -0.913. The highest BCUT2D eigenvalue weighted by molar-refractivity contribution is 5.63. The van der Waals surface area contributed by atoms with Gasteiger partial charge in [0, 0.05) is 5.97 Å². The average Bonchev–Trinajstić information content (AvgIpc) is 2.23. The van der Waals surface area contributed by atoms with E-state index in [2.05, 4.69) is 63.3 Å². The first-order chi connectivity index (χ1) is 9.77. The van der Waals surface area contributed by atoms with Gasteiger partial charge in [0.15, 0.2) is 0 Å². The smallest absolute Gasteiger partial charge is 0.0675 e. The molecule has 0 spiro atoms. The molecule has 0 aromatic heterocycles. The number of carbonyl (C=O) groups is 1. The number of quaternary nitrogens is 2. The molecule has 0 heterocycles. The quantitative estimate of drug-likeness (QED) is 0.504. The van der Waals surface area contributed by atoms with Crippen molar-refractivity contribution in [3.63, 3.8) is 0 Å². The van der Waals surface area contributed by atoms with E-state index in [0.29, 0.717) is 0 Å². The summed E-state index contributed by atoms with van der Waals surface area (Å²) in [6.07, 6.45) is 8.34. The highest BCUT2D eigenvalue weighted by Crippen LogP contribution is 2.07. The molecular formula is C18H44N2O3. The van der Waals surface area contributed by atoms with E-state index in [1.165, 1.54) is 32.1 Å². The van der Waals surface area contributed by atoms with Crippen LogP contribution < -0.4 is 5.11 Å². The van der Waals surface area contributed by atoms with E-state index in [9.17, 15) is 9.90 Å². The van der Waals surface area contributed by atoms with Gasteiger partial charge in [0.25, 0.3) is 0 Å². The SMILES string of the molecule is CCCCCCCCCC(=O)[O-].C[N+](C)(C)C.C[N+](C)(C)C.[OH-]. The van der Waals surface area contributed by atoms with Gasteiger partial charge >= 0.3 is 0 Å². The highest BCUT2D eigenvalue weighted by Gasteiger charge is 1.91. The van der Waals surface area contributed by atoms with Crippen molar-refractivity contribution in [1.29, 1.82) is 0 Å². The van der Waals surface area contributed by atoms with Gasteiger partial charge in [-0.15, -0.1) is 0 Å². The first-order valence-electron chi connectivity index (χ1n) is 8.55. The first-order valence-corrected chi connectivity index (χ1v) is 8.55. The summed E-state index contributed by atoms with van der Waals surface area (Å²) in [5.41, 5.74) is 0. The molecule has 0 atom stereocenters. The minimum Gasteiger partial charge on any atom is -0.870 e. The third-order valence-electron chi connectivity index (χ3n) is 1.98. The molecule has 0 unspecified atom stereocenters. The molecule has 5 nitrogen and oxygen atoms in total. The summed E-state index contributed by atoms with van der Waals surface area (Å²) < 4.78 is 2.00. The average molecular weight is 337 g/mol. The van der Waals surface area contributed by atoms with E-state index in [1.807, 2.05) is 0 Å². The zero-order chi connectivity index (χ0) is 18.2. The molecule has 0 saturated carbocycles. The van der Waals surface area contributed by atoms with Crippen molar-refractivity contribution in [2.45, 2.75) is 58.3 Å². The number of carbonyl (C=O) groups excluding carboxylic acids is 1. The molecule has 0 amide bonds. The molecule has 0 aliphatic rings. The van der Waals surface area contributed by atoms with Crippen LogP contribution in [0.5, 0.6) is 0 Å². The van der Waals surface area contributed by atoms with E-state index in [0.717, 1.165) is 21.8 Å². The lowest BCUT2D eigenvalue weighted by Gasteiger charge is -2.14. The van der Waals surface area contributed by atoms with E-state index < -0.39 is 5.97 Å². The second-order valence-electron chi connectivity index (χ2n) is 8.61.